The zero-order valence-electron chi connectivity index (χ0n) is 10.5. The van der Waals surface area contributed by atoms with Crippen LogP contribution in [0.5, 0.6) is 0 Å². The predicted molar refractivity (Wildman–Crippen MR) is 87.2 cm³/mol. The first-order valence-corrected chi connectivity index (χ1v) is 8.50. The SMILES string of the molecule is O=C=NS(=O)(=O)c1cc(Cl)cc(-c2ccc(Cl)c(Cl)c2)c1Cl. The van der Waals surface area contributed by atoms with Gasteiger partial charge in [0, 0.05) is 10.6 Å². The quantitative estimate of drug-likeness (QED) is 0.542. The average molecular weight is 397 g/mol. The van der Waals surface area contributed by atoms with Crippen LogP contribution in [0.3, 0.4) is 0 Å². The summed E-state index contributed by atoms with van der Waals surface area (Å²) in [6.45, 7) is 0. The molecule has 22 heavy (non-hydrogen) atoms. The Hall–Kier alpha value is -1.07. The van der Waals surface area contributed by atoms with E-state index in [1.165, 1.54) is 18.2 Å². The molecule has 114 valence electrons. The molecule has 0 unspecified atom stereocenters. The highest BCUT2D eigenvalue weighted by Gasteiger charge is 2.21. The van der Waals surface area contributed by atoms with Crippen molar-refractivity contribution in [3.05, 3.63) is 50.4 Å². The number of rotatable bonds is 3. The average Bonchev–Trinajstić information content (AvgIpc) is 2.44. The maximum absolute atomic E-state index is 11.9. The zero-order chi connectivity index (χ0) is 16.5. The zero-order valence-corrected chi connectivity index (χ0v) is 14.3. The van der Waals surface area contributed by atoms with E-state index in [0.29, 0.717) is 16.1 Å². The van der Waals surface area contributed by atoms with E-state index in [0.717, 1.165) is 12.1 Å². The number of benzene rings is 2. The molecule has 0 amide bonds. The van der Waals surface area contributed by atoms with E-state index in [9.17, 15) is 13.2 Å². The molecule has 2 aromatic carbocycles. The summed E-state index contributed by atoms with van der Waals surface area (Å²) in [5.74, 6) is 0. The van der Waals surface area contributed by atoms with Gasteiger partial charge >= 0.3 is 0 Å². The van der Waals surface area contributed by atoms with E-state index < -0.39 is 14.9 Å². The van der Waals surface area contributed by atoms with Crippen LogP contribution in [-0.4, -0.2) is 14.5 Å². The molecule has 0 bridgehead atoms. The minimum atomic E-state index is -4.29. The molecule has 4 nitrogen and oxygen atoms in total. The third-order valence-electron chi connectivity index (χ3n) is 2.67. The largest absolute Gasteiger partial charge is 0.294 e. The summed E-state index contributed by atoms with van der Waals surface area (Å²) in [5.41, 5.74) is 0.820. The molecular weight excluding hydrogens is 392 g/mol. The van der Waals surface area contributed by atoms with Gasteiger partial charge in [-0.25, -0.2) is 4.79 Å². The number of halogens is 4. The molecule has 2 aromatic rings. The van der Waals surface area contributed by atoms with Crippen molar-refractivity contribution in [3.63, 3.8) is 0 Å². The molecule has 0 saturated carbocycles. The second-order valence-corrected chi connectivity index (χ2v) is 7.25. The number of hydrogen-bond acceptors (Lipinski definition) is 3. The van der Waals surface area contributed by atoms with Gasteiger partial charge in [-0.15, -0.1) is 0 Å². The number of sulfonamides is 1. The molecule has 0 aliphatic rings. The lowest BCUT2D eigenvalue weighted by Gasteiger charge is -2.10. The van der Waals surface area contributed by atoms with Gasteiger partial charge in [0.1, 0.15) is 4.90 Å². The van der Waals surface area contributed by atoms with Gasteiger partial charge in [-0.05, 0) is 29.8 Å². The Kier molecular flexibility index (Phi) is 5.17. The van der Waals surface area contributed by atoms with Crippen molar-refractivity contribution < 1.29 is 13.2 Å². The number of hydrogen-bond donors (Lipinski definition) is 0. The van der Waals surface area contributed by atoms with Crippen LogP contribution >= 0.6 is 46.4 Å². The molecule has 0 aromatic heterocycles. The number of carbonyl (C=O) groups excluding carboxylic acids is 1. The standard InChI is InChI=1S/C13H5Cl4NO3S/c14-8-4-9(7-1-2-10(15)11(16)3-7)13(17)12(5-8)22(20,21)18-6-19/h1-5H. The smallest absolute Gasteiger partial charge is 0.210 e. The summed E-state index contributed by atoms with van der Waals surface area (Å²) in [7, 11) is -4.29. The van der Waals surface area contributed by atoms with Gasteiger partial charge < -0.3 is 0 Å². The van der Waals surface area contributed by atoms with E-state index in [-0.39, 0.29) is 15.1 Å². The van der Waals surface area contributed by atoms with Gasteiger partial charge in [0.15, 0.2) is 0 Å². The summed E-state index contributed by atoms with van der Waals surface area (Å²) in [6, 6.07) is 7.22. The summed E-state index contributed by atoms with van der Waals surface area (Å²) in [6.07, 6.45) is 0.976. The second-order valence-electron chi connectivity index (χ2n) is 4.05. The van der Waals surface area contributed by atoms with E-state index >= 15 is 0 Å². The first-order chi connectivity index (χ1) is 10.3. The summed E-state index contributed by atoms with van der Waals surface area (Å²) in [4.78, 5) is 9.85. The highest BCUT2D eigenvalue weighted by atomic mass is 35.5. The Morgan fingerprint density at radius 1 is 0.955 bits per heavy atom. The van der Waals surface area contributed by atoms with Crippen LogP contribution in [0.1, 0.15) is 0 Å². The van der Waals surface area contributed by atoms with Crippen LogP contribution in [0.4, 0.5) is 0 Å². The van der Waals surface area contributed by atoms with Crippen LogP contribution in [0.25, 0.3) is 11.1 Å². The molecule has 2 rings (SSSR count). The maximum Gasteiger partial charge on any atom is 0.294 e. The van der Waals surface area contributed by atoms with E-state index in [1.54, 1.807) is 6.07 Å². The van der Waals surface area contributed by atoms with Crippen molar-refractivity contribution in [3.8, 4) is 11.1 Å². The molecule has 0 fully saturated rings. The van der Waals surface area contributed by atoms with Crippen LogP contribution < -0.4 is 0 Å². The van der Waals surface area contributed by atoms with Crippen molar-refractivity contribution >= 4 is 62.5 Å². The Morgan fingerprint density at radius 2 is 1.64 bits per heavy atom. The summed E-state index contributed by atoms with van der Waals surface area (Å²) < 4.78 is 26.6. The molecule has 0 aliphatic heterocycles. The first-order valence-electron chi connectivity index (χ1n) is 5.55. The lowest BCUT2D eigenvalue weighted by molar-refractivity contribution is 0.563. The highest BCUT2D eigenvalue weighted by Crippen LogP contribution is 2.38. The predicted octanol–water partition coefficient (Wildman–Crippen LogP) is 4.99. The molecular formula is C13H5Cl4NO3S. The highest BCUT2D eigenvalue weighted by molar-refractivity contribution is 7.90. The van der Waals surface area contributed by atoms with Crippen LogP contribution in [0.15, 0.2) is 39.6 Å². The van der Waals surface area contributed by atoms with Gasteiger partial charge in [0.05, 0.1) is 15.1 Å². The fourth-order valence-corrected chi connectivity index (χ4v) is 3.62. The molecule has 0 saturated heterocycles. The lowest BCUT2D eigenvalue weighted by atomic mass is 10.1. The maximum atomic E-state index is 11.9. The van der Waals surface area contributed by atoms with Gasteiger partial charge in [-0.1, -0.05) is 56.9 Å². The second kappa shape index (κ2) is 6.59. The normalized spacial score (nSPS) is 11.1. The molecule has 0 heterocycles. The van der Waals surface area contributed by atoms with E-state index in [1.807, 2.05) is 0 Å². The molecule has 0 N–H and O–H groups in total. The fraction of sp³-hybridized carbons (Fsp3) is 0. The van der Waals surface area contributed by atoms with E-state index in [2.05, 4.69) is 4.40 Å². The Bertz CT molecular complexity index is 906. The summed E-state index contributed by atoms with van der Waals surface area (Å²) in [5, 5.41) is 0.569. The van der Waals surface area contributed by atoms with Crippen molar-refractivity contribution in [2.45, 2.75) is 4.90 Å². The topological polar surface area (TPSA) is 63.6 Å². The molecule has 0 radical (unpaired) electrons. The van der Waals surface area contributed by atoms with Gasteiger partial charge in [-0.3, -0.25) is 0 Å². The molecule has 0 spiro atoms. The third kappa shape index (κ3) is 3.46. The van der Waals surface area contributed by atoms with Crippen molar-refractivity contribution in [1.29, 1.82) is 0 Å². The first kappa shape index (κ1) is 17.3. The third-order valence-corrected chi connectivity index (χ3v) is 5.34. The van der Waals surface area contributed by atoms with Crippen LogP contribution in [-0.2, 0) is 14.8 Å². The van der Waals surface area contributed by atoms with E-state index in [4.69, 9.17) is 46.4 Å². The van der Waals surface area contributed by atoms with Crippen molar-refractivity contribution in [1.82, 2.24) is 0 Å². The monoisotopic (exact) mass is 395 g/mol. The minimum absolute atomic E-state index is 0.102. The fourth-order valence-electron chi connectivity index (χ4n) is 1.72. The minimum Gasteiger partial charge on any atom is -0.210 e. The Balaban J connectivity index is 2.76. The van der Waals surface area contributed by atoms with Gasteiger partial charge in [0.25, 0.3) is 16.1 Å². The molecule has 9 heteroatoms. The van der Waals surface area contributed by atoms with Crippen LogP contribution in [0.2, 0.25) is 20.1 Å². The van der Waals surface area contributed by atoms with Crippen molar-refractivity contribution in [2.75, 3.05) is 0 Å². The lowest BCUT2D eigenvalue weighted by Crippen LogP contribution is -1.99. The number of nitrogens with zero attached hydrogens (tertiary/aromatic N) is 1. The Labute approximate surface area is 146 Å². The summed E-state index contributed by atoms with van der Waals surface area (Å²) >= 11 is 23.8. The number of isocyanates is 1. The Morgan fingerprint density at radius 3 is 2.23 bits per heavy atom. The molecule has 0 atom stereocenters. The van der Waals surface area contributed by atoms with Gasteiger partial charge in [0.2, 0.25) is 0 Å². The van der Waals surface area contributed by atoms with Gasteiger partial charge in [-0.2, -0.15) is 8.42 Å². The van der Waals surface area contributed by atoms with Crippen molar-refractivity contribution in [2.24, 2.45) is 4.40 Å². The van der Waals surface area contributed by atoms with Crippen LogP contribution in [0, 0.1) is 0 Å². The molecule has 0 aliphatic carbocycles.